The van der Waals surface area contributed by atoms with Crippen LogP contribution >= 0.6 is 11.3 Å². The standard InChI is InChI=1S/C16H11NO5S/c18-14(17-15(19)13-6-3-7-23-13)9-21-16(20)12-8-10-4-1-2-5-11(10)22-12/h1-8H,9H2,(H,17,18,19). The Bertz CT molecular complexity index is 833. The number of esters is 1. The molecule has 0 spiro atoms. The molecular formula is C16H11NO5S. The van der Waals surface area contributed by atoms with Crippen LogP contribution in [0.4, 0.5) is 0 Å². The fourth-order valence-electron chi connectivity index (χ4n) is 1.92. The van der Waals surface area contributed by atoms with Gasteiger partial charge in [-0.15, -0.1) is 11.3 Å². The average molecular weight is 329 g/mol. The second kappa shape index (κ2) is 6.45. The van der Waals surface area contributed by atoms with Crippen molar-refractivity contribution in [2.24, 2.45) is 0 Å². The Hall–Kier alpha value is -2.93. The van der Waals surface area contributed by atoms with Crippen LogP contribution in [0.1, 0.15) is 20.2 Å². The molecule has 6 nitrogen and oxygen atoms in total. The fourth-order valence-corrected chi connectivity index (χ4v) is 2.54. The number of amides is 2. The number of hydrogen-bond acceptors (Lipinski definition) is 6. The van der Waals surface area contributed by atoms with Gasteiger partial charge in [0.15, 0.2) is 6.61 Å². The van der Waals surface area contributed by atoms with Gasteiger partial charge in [-0.1, -0.05) is 24.3 Å². The van der Waals surface area contributed by atoms with Gasteiger partial charge in [0.25, 0.3) is 11.8 Å². The number of hydrogen-bond donors (Lipinski definition) is 1. The number of furan rings is 1. The van der Waals surface area contributed by atoms with Gasteiger partial charge in [-0.25, -0.2) is 4.79 Å². The molecule has 0 fully saturated rings. The summed E-state index contributed by atoms with van der Waals surface area (Å²) in [6, 6.07) is 11.9. The van der Waals surface area contributed by atoms with E-state index in [1.165, 1.54) is 17.4 Å². The van der Waals surface area contributed by atoms with E-state index in [1.807, 2.05) is 6.07 Å². The van der Waals surface area contributed by atoms with Crippen molar-refractivity contribution in [2.75, 3.05) is 6.61 Å². The number of nitrogens with one attached hydrogen (secondary N) is 1. The van der Waals surface area contributed by atoms with Crippen LogP contribution in [0.2, 0.25) is 0 Å². The topological polar surface area (TPSA) is 85.6 Å². The molecule has 0 saturated carbocycles. The van der Waals surface area contributed by atoms with E-state index in [2.05, 4.69) is 5.32 Å². The van der Waals surface area contributed by atoms with Crippen LogP contribution in [0, 0.1) is 0 Å². The summed E-state index contributed by atoms with van der Waals surface area (Å²) in [6.45, 7) is -0.563. The molecule has 2 heterocycles. The third kappa shape index (κ3) is 3.46. The minimum atomic E-state index is -0.764. The molecule has 7 heteroatoms. The molecule has 3 rings (SSSR count). The lowest BCUT2D eigenvalue weighted by Crippen LogP contribution is -2.33. The Morgan fingerprint density at radius 2 is 1.96 bits per heavy atom. The van der Waals surface area contributed by atoms with Crippen LogP contribution < -0.4 is 5.32 Å². The van der Waals surface area contributed by atoms with Gasteiger partial charge in [0.1, 0.15) is 5.58 Å². The largest absolute Gasteiger partial charge is 0.450 e. The molecule has 0 aliphatic rings. The summed E-state index contributed by atoms with van der Waals surface area (Å²) in [5.41, 5.74) is 0.553. The highest BCUT2D eigenvalue weighted by molar-refractivity contribution is 7.12. The van der Waals surface area contributed by atoms with Crippen LogP contribution in [0.3, 0.4) is 0 Å². The third-order valence-electron chi connectivity index (χ3n) is 2.96. The highest BCUT2D eigenvalue weighted by Crippen LogP contribution is 2.19. The normalized spacial score (nSPS) is 10.4. The fraction of sp³-hybridized carbons (Fsp3) is 0.0625. The van der Waals surface area contributed by atoms with E-state index in [9.17, 15) is 14.4 Å². The van der Waals surface area contributed by atoms with Gasteiger partial charge in [-0.05, 0) is 23.6 Å². The van der Waals surface area contributed by atoms with Crippen molar-refractivity contribution in [1.29, 1.82) is 0 Å². The molecule has 1 N–H and O–H groups in total. The van der Waals surface area contributed by atoms with Crippen LogP contribution in [0.5, 0.6) is 0 Å². The highest BCUT2D eigenvalue weighted by atomic mass is 32.1. The lowest BCUT2D eigenvalue weighted by molar-refractivity contribution is -0.123. The first kappa shape index (κ1) is 15.0. The molecule has 2 aromatic heterocycles. The zero-order valence-corrected chi connectivity index (χ0v) is 12.6. The number of carbonyl (C=O) groups is 3. The minimum Gasteiger partial charge on any atom is -0.450 e. The Morgan fingerprint density at radius 3 is 2.70 bits per heavy atom. The Morgan fingerprint density at radius 1 is 1.13 bits per heavy atom. The zero-order valence-electron chi connectivity index (χ0n) is 11.8. The Balaban J connectivity index is 1.56. The van der Waals surface area contributed by atoms with E-state index < -0.39 is 24.4 Å². The number of carbonyl (C=O) groups excluding carboxylic acids is 3. The number of rotatable bonds is 4. The van der Waals surface area contributed by atoms with E-state index in [-0.39, 0.29) is 5.76 Å². The first-order valence-corrected chi connectivity index (χ1v) is 7.55. The number of ether oxygens (including phenoxy) is 1. The van der Waals surface area contributed by atoms with Crippen molar-refractivity contribution in [1.82, 2.24) is 5.32 Å². The van der Waals surface area contributed by atoms with Crippen LogP contribution in [0.25, 0.3) is 11.0 Å². The average Bonchev–Trinajstić information content (AvgIpc) is 3.21. The predicted octanol–water partition coefficient (Wildman–Crippen LogP) is 2.61. The second-order valence-corrected chi connectivity index (χ2v) is 5.53. The monoisotopic (exact) mass is 329 g/mol. The van der Waals surface area contributed by atoms with E-state index in [4.69, 9.17) is 9.15 Å². The third-order valence-corrected chi connectivity index (χ3v) is 3.83. The molecule has 0 radical (unpaired) electrons. The maximum absolute atomic E-state index is 11.9. The first-order valence-electron chi connectivity index (χ1n) is 6.67. The van der Waals surface area contributed by atoms with Crippen molar-refractivity contribution in [3.05, 3.63) is 58.5 Å². The number of para-hydroxylation sites is 1. The van der Waals surface area contributed by atoms with E-state index in [0.717, 1.165) is 5.39 Å². The molecule has 2 amide bonds. The predicted molar refractivity (Wildman–Crippen MR) is 83.3 cm³/mol. The zero-order chi connectivity index (χ0) is 16.2. The maximum Gasteiger partial charge on any atom is 0.374 e. The van der Waals surface area contributed by atoms with Gasteiger partial charge in [-0.3, -0.25) is 14.9 Å². The molecule has 1 aromatic carbocycles. The van der Waals surface area contributed by atoms with Crippen molar-refractivity contribution >= 4 is 40.1 Å². The van der Waals surface area contributed by atoms with Crippen molar-refractivity contribution < 1.29 is 23.5 Å². The van der Waals surface area contributed by atoms with Crippen LogP contribution in [-0.4, -0.2) is 24.4 Å². The van der Waals surface area contributed by atoms with Crippen molar-refractivity contribution in [3.8, 4) is 0 Å². The lowest BCUT2D eigenvalue weighted by Gasteiger charge is -2.03. The van der Waals surface area contributed by atoms with Gasteiger partial charge in [0.05, 0.1) is 4.88 Å². The first-order chi connectivity index (χ1) is 11.1. The maximum atomic E-state index is 11.9. The quantitative estimate of drug-likeness (QED) is 0.744. The van der Waals surface area contributed by atoms with Crippen LogP contribution in [-0.2, 0) is 9.53 Å². The lowest BCUT2D eigenvalue weighted by atomic mass is 10.2. The molecule has 23 heavy (non-hydrogen) atoms. The molecule has 0 unspecified atom stereocenters. The molecular weight excluding hydrogens is 318 g/mol. The molecule has 0 aliphatic carbocycles. The summed E-state index contributed by atoms with van der Waals surface area (Å²) >= 11 is 1.21. The van der Waals surface area contributed by atoms with E-state index >= 15 is 0 Å². The molecule has 116 valence electrons. The molecule has 0 bridgehead atoms. The van der Waals surface area contributed by atoms with Gasteiger partial charge in [0.2, 0.25) is 5.76 Å². The van der Waals surface area contributed by atoms with E-state index in [0.29, 0.717) is 10.5 Å². The summed E-state index contributed by atoms with van der Waals surface area (Å²) in [5, 5.41) is 4.62. The summed E-state index contributed by atoms with van der Waals surface area (Å²) < 4.78 is 10.2. The van der Waals surface area contributed by atoms with Gasteiger partial charge in [-0.2, -0.15) is 0 Å². The molecule has 0 saturated heterocycles. The van der Waals surface area contributed by atoms with Crippen molar-refractivity contribution in [3.63, 3.8) is 0 Å². The Labute approximate surface area is 134 Å². The van der Waals surface area contributed by atoms with Crippen LogP contribution in [0.15, 0.2) is 52.3 Å². The number of fused-ring (bicyclic) bond motifs is 1. The summed E-state index contributed by atoms with van der Waals surface area (Å²) in [5.74, 6) is -1.99. The number of thiophene rings is 1. The SMILES string of the molecule is O=C(COC(=O)c1cc2ccccc2o1)NC(=O)c1cccs1. The number of imide groups is 1. The highest BCUT2D eigenvalue weighted by Gasteiger charge is 2.17. The number of benzene rings is 1. The van der Waals surface area contributed by atoms with Gasteiger partial charge in [0, 0.05) is 5.39 Å². The van der Waals surface area contributed by atoms with Gasteiger partial charge < -0.3 is 9.15 Å². The van der Waals surface area contributed by atoms with Crippen molar-refractivity contribution in [2.45, 2.75) is 0 Å². The summed E-state index contributed by atoms with van der Waals surface area (Å²) in [6.07, 6.45) is 0. The molecule has 0 atom stereocenters. The minimum absolute atomic E-state index is 0.00332. The smallest absolute Gasteiger partial charge is 0.374 e. The molecule has 3 aromatic rings. The summed E-state index contributed by atoms with van der Waals surface area (Å²) in [7, 11) is 0. The van der Waals surface area contributed by atoms with Gasteiger partial charge >= 0.3 is 5.97 Å². The Kier molecular flexibility index (Phi) is 4.20. The van der Waals surface area contributed by atoms with E-state index in [1.54, 1.807) is 35.7 Å². The summed E-state index contributed by atoms with van der Waals surface area (Å²) in [4.78, 5) is 35.5. The second-order valence-electron chi connectivity index (χ2n) is 4.58. The molecule has 0 aliphatic heterocycles.